The summed E-state index contributed by atoms with van der Waals surface area (Å²) in [6, 6.07) is 33.7. The average molecular weight is 1200 g/mol. The molecule has 26 heteroatoms. The summed E-state index contributed by atoms with van der Waals surface area (Å²) in [6.45, 7) is 0. The molecule has 0 saturated heterocycles. The van der Waals surface area contributed by atoms with Crippen molar-refractivity contribution in [2.45, 2.75) is 0 Å². The normalized spacial score (nSPS) is 9.23. The van der Waals surface area contributed by atoms with E-state index in [1.807, 2.05) is 0 Å². The molecule has 0 atom stereocenters. The van der Waals surface area contributed by atoms with E-state index < -0.39 is 46.4 Å². The van der Waals surface area contributed by atoms with E-state index in [9.17, 15) is 77.2 Å². The fraction of sp³-hybridized carbons (Fsp3) is 0.0175. The summed E-state index contributed by atoms with van der Waals surface area (Å²) in [5.41, 5.74) is 1.69. The largest absolute Gasteiger partial charge is 0.507 e. The molecule has 0 amide bonds. The highest BCUT2D eigenvalue weighted by Crippen LogP contribution is 2.21. The van der Waals surface area contributed by atoms with Crippen LogP contribution in [0.3, 0.4) is 0 Å². The molecule has 0 aliphatic heterocycles. The summed E-state index contributed by atoms with van der Waals surface area (Å²) in [6.07, 6.45) is 4.62. The molecule has 0 heterocycles. The number of ether oxygens (including phenoxy) is 1. The van der Waals surface area contributed by atoms with Gasteiger partial charge in [-0.05, 0) is 78.9 Å². The smallest absolute Gasteiger partial charge is 0.339 e. The fourth-order valence-electron chi connectivity index (χ4n) is 5.70. The molecular formula is C57H42BrNO24. The molecule has 0 unspecified atom stereocenters. The zero-order valence-corrected chi connectivity index (χ0v) is 44.0. The van der Waals surface area contributed by atoms with Crippen molar-refractivity contribution < 1.29 is 113 Å². The second kappa shape index (κ2) is 36.3. The number of carboxylic acids is 6. The van der Waals surface area contributed by atoms with E-state index in [1.165, 1.54) is 79.9 Å². The van der Waals surface area contributed by atoms with Crippen LogP contribution in [0.25, 0.3) is 0 Å². The van der Waals surface area contributed by atoms with Gasteiger partial charge in [-0.25, -0.2) is 28.8 Å². The number of aromatic carboxylic acids is 6. The first-order valence-electron chi connectivity index (χ1n) is 22.3. The highest BCUT2D eigenvalue weighted by molar-refractivity contribution is 9.10. The first-order valence-corrected chi connectivity index (χ1v) is 23.1. The van der Waals surface area contributed by atoms with Gasteiger partial charge in [0.15, 0.2) is 18.9 Å². The van der Waals surface area contributed by atoms with Crippen LogP contribution in [0, 0.1) is 10.1 Å². The summed E-state index contributed by atoms with van der Waals surface area (Å²) in [4.78, 5) is 154. The van der Waals surface area contributed by atoms with Crippen LogP contribution in [-0.2, 0) is 0 Å². The number of nitro benzene ring substituents is 1. The number of aldehydes is 8. The highest BCUT2D eigenvalue weighted by atomic mass is 79.9. The summed E-state index contributed by atoms with van der Waals surface area (Å²) in [5.74, 6) is -6.94. The minimum Gasteiger partial charge on any atom is -0.507 e. The van der Waals surface area contributed by atoms with Gasteiger partial charge < -0.3 is 40.5 Å². The number of methoxy groups -OCH3 is 1. The second-order valence-electron chi connectivity index (χ2n) is 15.2. The summed E-state index contributed by atoms with van der Waals surface area (Å²) in [5, 5.41) is 70.8. The van der Waals surface area contributed by atoms with Gasteiger partial charge in [-0.1, -0.05) is 76.6 Å². The van der Waals surface area contributed by atoms with Crippen molar-refractivity contribution in [2.24, 2.45) is 0 Å². The van der Waals surface area contributed by atoms with Crippen LogP contribution in [0.2, 0.25) is 0 Å². The first kappa shape index (κ1) is 69.2. The maximum absolute atomic E-state index is 10.6. The number of carbonyl (C=O) groups is 14. The lowest BCUT2D eigenvalue weighted by atomic mass is 10.1. The molecular weight excluding hydrogens is 1160 g/mol. The Bertz CT molecular complexity index is 3510. The maximum atomic E-state index is 10.6. The van der Waals surface area contributed by atoms with Crippen molar-refractivity contribution in [3.05, 3.63) is 238 Å². The van der Waals surface area contributed by atoms with Crippen LogP contribution in [0.15, 0.2) is 150 Å². The van der Waals surface area contributed by atoms with Crippen molar-refractivity contribution in [2.75, 3.05) is 7.11 Å². The Morgan fingerprint density at radius 3 is 1.29 bits per heavy atom. The van der Waals surface area contributed by atoms with Gasteiger partial charge in [-0.2, -0.15) is 0 Å². The van der Waals surface area contributed by atoms with Crippen LogP contribution in [0.1, 0.15) is 145 Å². The highest BCUT2D eigenvalue weighted by Gasteiger charge is 2.17. The zero-order valence-electron chi connectivity index (χ0n) is 42.4. The van der Waals surface area contributed by atoms with E-state index in [4.69, 9.17) is 40.5 Å². The van der Waals surface area contributed by atoms with E-state index in [0.29, 0.717) is 64.4 Å². The Balaban J connectivity index is 0.000000485. The lowest BCUT2D eigenvalue weighted by Gasteiger charge is -2.04. The predicted octanol–water partition coefficient (Wildman–Crippen LogP) is 8.88. The van der Waals surface area contributed by atoms with Gasteiger partial charge in [-0.15, -0.1) is 0 Å². The maximum Gasteiger partial charge on any atom is 0.339 e. The van der Waals surface area contributed by atoms with E-state index in [1.54, 1.807) is 48.5 Å². The van der Waals surface area contributed by atoms with Crippen molar-refractivity contribution in [3.8, 4) is 11.5 Å². The fourth-order valence-corrected chi connectivity index (χ4v) is 6.06. The Morgan fingerprint density at radius 2 is 0.843 bits per heavy atom. The molecule has 0 bridgehead atoms. The van der Waals surface area contributed by atoms with Gasteiger partial charge in [0.2, 0.25) is 0 Å². The monoisotopic (exact) mass is 1200 g/mol. The Hall–Kier alpha value is -11.8. The number of halogens is 1. The number of hydrogen-bond donors (Lipinski definition) is 7. The number of carbonyl (C=O) groups excluding carboxylic acids is 8. The summed E-state index contributed by atoms with van der Waals surface area (Å²) in [7, 11) is 1.36. The lowest BCUT2D eigenvalue weighted by molar-refractivity contribution is -0.385. The number of benzene rings is 7. The number of nitro groups is 1. The molecule has 0 aliphatic carbocycles. The standard InChI is InChI=1S/C9H8O4.C8H5BrO3.C8H5NO5.C8H6O4.2C8H6O3.C8H6O2/c1-13-8-4-6(5-10)2-3-7(8)9(11)12;9-6-2-1-5(4-10)7(3-6)8(11)12;10-4-6-2-1-5(8(11)12)3-7(6)9(13)14;9-4-5-1-2-7(10)6(3-5)8(11)12;9-5-6-2-1-3-7(4-6)8(10)11;9-5-6-3-1-2-4-7(6)8(10)11;9-5-7-1-2-8(6-10)4-3-7/h2-5H,1H3,(H,11,12);1-4H,(H,11,12);1-4H,(H,11,12);1-4,10H,(H,11,12);2*1-5H,(H,10,11);1-6H. The molecule has 0 fully saturated rings. The second-order valence-corrected chi connectivity index (χ2v) is 16.1. The number of phenols is 1. The number of aromatic hydroxyl groups is 1. The van der Waals surface area contributed by atoms with Gasteiger partial charge >= 0.3 is 35.8 Å². The summed E-state index contributed by atoms with van der Waals surface area (Å²) >= 11 is 3.11. The van der Waals surface area contributed by atoms with E-state index >= 15 is 0 Å². The molecule has 25 nitrogen and oxygen atoms in total. The molecule has 7 rings (SSSR count). The van der Waals surface area contributed by atoms with E-state index in [0.717, 1.165) is 36.8 Å². The molecule has 7 N–H and O–H groups in total. The Labute approximate surface area is 475 Å². The Morgan fingerprint density at radius 1 is 0.410 bits per heavy atom. The molecule has 7 aromatic carbocycles. The molecule has 0 radical (unpaired) electrons. The van der Waals surface area contributed by atoms with Crippen LogP contribution in [-0.4, -0.2) is 134 Å². The van der Waals surface area contributed by atoms with Crippen molar-refractivity contribution in [1.82, 2.24) is 0 Å². The first-order chi connectivity index (χ1) is 39.4. The summed E-state index contributed by atoms with van der Waals surface area (Å²) < 4.78 is 5.45. The zero-order chi connectivity index (χ0) is 62.8. The van der Waals surface area contributed by atoms with Gasteiger partial charge in [0.25, 0.3) is 5.69 Å². The topological polar surface area (TPSA) is 433 Å². The van der Waals surface area contributed by atoms with Crippen molar-refractivity contribution in [3.63, 3.8) is 0 Å². The SMILES string of the molecule is COc1cc(C=O)ccc1C(=O)O.O=Cc1ccc(Br)cc1C(=O)O.O=Cc1ccc(C(=O)O)cc1[N+](=O)[O-].O=Cc1ccc(C=O)cc1.O=Cc1ccc(O)c(C(=O)O)c1.O=Cc1cccc(C(=O)O)c1.O=Cc1ccccc1C(=O)O. The quantitative estimate of drug-likeness (QED) is 0.0269. The number of carboxylic acid groups (broad SMARTS) is 6. The molecule has 83 heavy (non-hydrogen) atoms. The number of nitrogens with zero attached hydrogens (tertiary/aromatic N) is 1. The van der Waals surface area contributed by atoms with Gasteiger partial charge in [-0.3, -0.25) is 48.5 Å². The average Bonchev–Trinajstić information content (AvgIpc) is 3.53. The molecule has 0 saturated carbocycles. The van der Waals surface area contributed by atoms with Gasteiger partial charge in [0, 0.05) is 49.5 Å². The van der Waals surface area contributed by atoms with E-state index in [2.05, 4.69) is 15.9 Å². The number of rotatable bonds is 16. The van der Waals surface area contributed by atoms with Crippen LogP contribution >= 0.6 is 15.9 Å². The third-order valence-electron chi connectivity index (χ3n) is 9.75. The van der Waals surface area contributed by atoms with Gasteiger partial charge in [0.1, 0.15) is 54.1 Å². The minimum absolute atomic E-state index is 0.0133. The molecule has 7 aromatic rings. The van der Waals surface area contributed by atoms with Crippen LogP contribution < -0.4 is 4.74 Å². The number of hydrogen-bond acceptors (Lipinski definition) is 18. The van der Waals surface area contributed by atoms with Crippen LogP contribution in [0.5, 0.6) is 11.5 Å². The predicted molar refractivity (Wildman–Crippen MR) is 293 cm³/mol. The van der Waals surface area contributed by atoms with Gasteiger partial charge in [0.05, 0.1) is 39.9 Å². The molecule has 426 valence electrons. The molecule has 0 aliphatic rings. The molecule has 0 spiro atoms. The van der Waals surface area contributed by atoms with Crippen molar-refractivity contribution >= 4 is 108 Å². The lowest BCUT2D eigenvalue weighted by Crippen LogP contribution is -2.01. The molecule has 0 aromatic heterocycles. The van der Waals surface area contributed by atoms with E-state index in [-0.39, 0.29) is 67.1 Å². The Kier molecular flexibility index (Phi) is 30.3. The third kappa shape index (κ3) is 23.8. The third-order valence-corrected chi connectivity index (χ3v) is 10.2. The minimum atomic E-state index is -1.27. The van der Waals surface area contributed by atoms with Crippen molar-refractivity contribution in [1.29, 1.82) is 0 Å². The van der Waals surface area contributed by atoms with Crippen LogP contribution in [0.4, 0.5) is 5.69 Å².